The lowest BCUT2D eigenvalue weighted by Crippen LogP contribution is -2.02. The van der Waals surface area contributed by atoms with Gasteiger partial charge in [-0.15, -0.1) is 0 Å². The molecule has 0 aromatic heterocycles. The van der Waals surface area contributed by atoms with Crippen molar-refractivity contribution in [1.82, 2.24) is 0 Å². The first-order chi connectivity index (χ1) is 8.58. The van der Waals surface area contributed by atoms with Crippen molar-refractivity contribution in [3.63, 3.8) is 0 Å². The third-order valence-corrected chi connectivity index (χ3v) is 2.74. The molecule has 92 valence electrons. The Kier molecular flexibility index (Phi) is 2.79. The minimum atomic E-state index is -0.449. The minimum absolute atomic E-state index is 0.226. The lowest BCUT2D eigenvalue weighted by atomic mass is 10.0. The summed E-state index contributed by atoms with van der Waals surface area (Å²) >= 11 is 0. The van der Waals surface area contributed by atoms with Crippen LogP contribution in [0.15, 0.2) is 25.3 Å². The van der Waals surface area contributed by atoms with Gasteiger partial charge >= 0.3 is 5.97 Å². The quantitative estimate of drug-likeness (QED) is 0.433. The van der Waals surface area contributed by atoms with Crippen LogP contribution < -0.4 is 10.1 Å². The zero-order valence-corrected chi connectivity index (χ0v) is 10.3. The number of fused-ring (bicyclic) bond motifs is 2. The lowest BCUT2D eigenvalue weighted by Gasteiger charge is -2.01. The van der Waals surface area contributed by atoms with Crippen molar-refractivity contribution in [2.45, 2.75) is 13.8 Å². The van der Waals surface area contributed by atoms with E-state index in [9.17, 15) is 9.59 Å². The van der Waals surface area contributed by atoms with Crippen molar-refractivity contribution in [3.8, 4) is 5.75 Å². The standard InChI is InChI=1S/C12H7NO3.C2H6/c1-5-7-4-10-8(6(2)12(15)16-10)3-9(7)13-11(5)14;1-2/h3-4H,1-2H2,(H,13,14);1-2H3. The average molecular weight is 243 g/mol. The van der Waals surface area contributed by atoms with Gasteiger partial charge in [-0.2, -0.15) is 0 Å². The number of benzene rings is 1. The summed E-state index contributed by atoms with van der Waals surface area (Å²) in [4.78, 5) is 22.6. The van der Waals surface area contributed by atoms with Gasteiger partial charge in [-0.1, -0.05) is 27.0 Å². The molecule has 0 unspecified atom stereocenters. The molecule has 2 aliphatic heterocycles. The SMILES string of the molecule is C=C1C(=O)Nc2cc3c(cc21)OC(=O)C3=C.CC. The molecule has 0 radical (unpaired) electrons. The fourth-order valence-electron chi connectivity index (χ4n) is 1.84. The minimum Gasteiger partial charge on any atom is -0.422 e. The van der Waals surface area contributed by atoms with E-state index in [1.807, 2.05) is 13.8 Å². The Morgan fingerprint density at radius 3 is 2.39 bits per heavy atom. The lowest BCUT2D eigenvalue weighted by molar-refractivity contribution is -0.127. The van der Waals surface area contributed by atoms with Gasteiger partial charge in [0.25, 0.3) is 5.91 Å². The molecule has 0 bridgehead atoms. The molecule has 1 amide bonds. The van der Waals surface area contributed by atoms with Crippen molar-refractivity contribution in [3.05, 3.63) is 36.4 Å². The van der Waals surface area contributed by atoms with Gasteiger partial charge in [0, 0.05) is 22.4 Å². The van der Waals surface area contributed by atoms with Gasteiger partial charge in [-0.3, -0.25) is 4.79 Å². The highest BCUT2D eigenvalue weighted by molar-refractivity contribution is 6.32. The summed E-state index contributed by atoms with van der Waals surface area (Å²) in [6.45, 7) is 11.3. The first-order valence-electron chi connectivity index (χ1n) is 5.68. The summed E-state index contributed by atoms with van der Waals surface area (Å²) in [7, 11) is 0. The number of nitrogens with one attached hydrogen (secondary N) is 1. The molecule has 0 spiro atoms. The van der Waals surface area contributed by atoms with Crippen LogP contribution >= 0.6 is 0 Å². The third kappa shape index (κ3) is 1.54. The van der Waals surface area contributed by atoms with Gasteiger partial charge in [-0.05, 0) is 12.1 Å². The van der Waals surface area contributed by atoms with Crippen LogP contribution in [0.3, 0.4) is 0 Å². The molecule has 0 fully saturated rings. The highest BCUT2D eigenvalue weighted by Crippen LogP contribution is 2.41. The van der Waals surface area contributed by atoms with Crippen LogP contribution in [0.4, 0.5) is 5.69 Å². The van der Waals surface area contributed by atoms with Gasteiger partial charge in [0.05, 0.1) is 5.57 Å². The Morgan fingerprint density at radius 1 is 1.06 bits per heavy atom. The van der Waals surface area contributed by atoms with E-state index >= 15 is 0 Å². The zero-order valence-electron chi connectivity index (χ0n) is 10.3. The van der Waals surface area contributed by atoms with Gasteiger partial charge in [0.2, 0.25) is 0 Å². The highest BCUT2D eigenvalue weighted by Gasteiger charge is 2.31. The van der Waals surface area contributed by atoms with E-state index < -0.39 is 5.97 Å². The summed E-state index contributed by atoms with van der Waals surface area (Å²) in [5.74, 6) is -0.238. The number of carbonyl (C=O) groups is 2. The Morgan fingerprint density at radius 2 is 1.72 bits per heavy atom. The predicted molar refractivity (Wildman–Crippen MR) is 70.1 cm³/mol. The van der Waals surface area contributed by atoms with E-state index in [0.29, 0.717) is 33.7 Å². The van der Waals surface area contributed by atoms with E-state index in [2.05, 4.69) is 18.5 Å². The average Bonchev–Trinajstić information content (AvgIpc) is 2.80. The Hall–Kier alpha value is -2.36. The number of hydrogen-bond donors (Lipinski definition) is 1. The number of rotatable bonds is 0. The first-order valence-corrected chi connectivity index (χ1v) is 5.68. The van der Waals surface area contributed by atoms with E-state index in [1.165, 1.54) is 0 Å². The van der Waals surface area contributed by atoms with E-state index in [1.54, 1.807) is 12.1 Å². The monoisotopic (exact) mass is 243 g/mol. The zero-order chi connectivity index (χ0) is 13.4. The molecule has 4 heteroatoms. The van der Waals surface area contributed by atoms with Crippen LogP contribution in [-0.2, 0) is 9.59 Å². The third-order valence-electron chi connectivity index (χ3n) is 2.74. The number of carbonyl (C=O) groups excluding carboxylic acids is 2. The molecule has 0 saturated carbocycles. The molecule has 2 aliphatic rings. The number of hydrogen-bond acceptors (Lipinski definition) is 3. The normalized spacial score (nSPS) is 15.4. The second-order valence-electron chi connectivity index (χ2n) is 3.69. The van der Waals surface area contributed by atoms with E-state index in [-0.39, 0.29) is 5.91 Å². The summed E-state index contributed by atoms with van der Waals surface area (Å²) in [5.41, 5.74) is 2.63. The van der Waals surface area contributed by atoms with Crippen LogP contribution in [0.25, 0.3) is 11.1 Å². The van der Waals surface area contributed by atoms with Gasteiger partial charge < -0.3 is 10.1 Å². The molecule has 2 heterocycles. The van der Waals surface area contributed by atoms with Crippen molar-refractivity contribution >= 4 is 28.7 Å². The van der Waals surface area contributed by atoms with E-state index in [4.69, 9.17) is 4.74 Å². The molecule has 4 nitrogen and oxygen atoms in total. The maximum Gasteiger partial charge on any atom is 0.343 e. The number of amides is 1. The second-order valence-corrected chi connectivity index (χ2v) is 3.69. The molecule has 0 aliphatic carbocycles. The topological polar surface area (TPSA) is 55.4 Å². The molecule has 1 aromatic carbocycles. The van der Waals surface area contributed by atoms with Gasteiger partial charge in [0.1, 0.15) is 5.75 Å². The maximum atomic E-state index is 11.4. The molecule has 1 aromatic rings. The predicted octanol–water partition coefficient (Wildman–Crippen LogP) is 2.61. The fourth-order valence-corrected chi connectivity index (χ4v) is 1.84. The van der Waals surface area contributed by atoms with Crippen molar-refractivity contribution in [2.75, 3.05) is 5.32 Å². The Balaban J connectivity index is 0.000000574. The van der Waals surface area contributed by atoms with Crippen LogP contribution in [-0.4, -0.2) is 11.9 Å². The van der Waals surface area contributed by atoms with Gasteiger partial charge in [-0.25, -0.2) is 4.79 Å². The molecular weight excluding hydrogens is 230 g/mol. The Labute approximate surface area is 105 Å². The first kappa shape index (κ1) is 12.1. The van der Waals surface area contributed by atoms with Crippen LogP contribution in [0.5, 0.6) is 5.75 Å². The summed E-state index contributed by atoms with van der Waals surface area (Å²) in [5, 5.41) is 2.67. The summed E-state index contributed by atoms with van der Waals surface area (Å²) in [6, 6.07) is 3.33. The number of esters is 1. The number of ether oxygens (including phenoxy) is 1. The van der Waals surface area contributed by atoms with E-state index in [0.717, 1.165) is 0 Å². The summed E-state index contributed by atoms with van der Waals surface area (Å²) < 4.78 is 5.01. The fraction of sp³-hybridized carbons (Fsp3) is 0.143. The largest absolute Gasteiger partial charge is 0.422 e. The highest BCUT2D eigenvalue weighted by atomic mass is 16.5. The van der Waals surface area contributed by atoms with Gasteiger partial charge in [0.15, 0.2) is 0 Å². The summed E-state index contributed by atoms with van der Waals surface area (Å²) in [6.07, 6.45) is 0. The van der Waals surface area contributed by atoms with Crippen molar-refractivity contribution in [1.29, 1.82) is 0 Å². The van der Waals surface area contributed by atoms with Crippen molar-refractivity contribution in [2.24, 2.45) is 0 Å². The maximum absolute atomic E-state index is 11.4. The molecule has 18 heavy (non-hydrogen) atoms. The van der Waals surface area contributed by atoms with Crippen LogP contribution in [0.1, 0.15) is 25.0 Å². The Bertz CT molecular complexity index is 546. The van der Waals surface area contributed by atoms with Crippen LogP contribution in [0, 0.1) is 0 Å². The smallest absolute Gasteiger partial charge is 0.343 e. The van der Waals surface area contributed by atoms with Crippen molar-refractivity contribution < 1.29 is 14.3 Å². The molecular formula is C14H13NO3. The molecule has 0 saturated heterocycles. The second kappa shape index (κ2) is 4.14. The molecule has 0 atom stereocenters. The van der Waals surface area contributed by atoms with Crippen LogP contribution in [0.2, 0.25) is 0 Å². The molecule has 3 rings (SSSR count). The number of anilines is 1. The molecule has 1 N–H and O–H groups in total.